The number of hydrogen-bond donors (Lipinski definition) is 3. The maximum absolute atomic E-state index is 13.2. The molecule has 2 amide bonds. The Labute approximate surface area is 203 Å². The molecule has 36 heavy (non-hydrogen) atoms. The number of nitrogens with one attached hydrogen (secondary N) is 2. The van der Waals surface area contributed by atoms with Gasteiger partial charge >= 0.3 is 6.18 Å². The van der Waals surface area contributed by atoms with Gasteiger partial charge < -0.3 is 20.3 Å². The van der Waals surface area contributed by atoms with E-state index in [0.29, 0.717) is 23.4 Å². The van der Waals surface area contributed by atoms with Crippen LogP contribution < -0.4 is 5.32 Å². The van der Waals surface area contributed by atoms with Crippen LogP contribution in [0.25, 0.3) is 22.4 Å². The maximum Gasteiger partial charge on any atom is 0.417 e. The number of aromatic amines is 1. The fraction of sp³-hybridized carbons (Fsp3) is 0.522. The van der Waals surface area contributed by atoms with Gasteiger partial charge in [-0.2, -0.15) is 18.3 Å². The molecule has 3 N–H and O–H groups in total. The molecular formula is C23H26F3N7O3. The van der Waals surface area contributed by atoms with Crippen LogP contribution in [0.1, 0.15) is 43.0 Å². The number of hydrogen-bond acceptors (Lipinski definition) is 6. The quantitative estimate of drug-likeness (QED) is 0.472. The van der Waals surface area contributed by atoms with Crippen LogP contribution in [0.2, 0.25) is 0 Å². The van der Waals surface area contributed by atoms with Crippen LogP contribution in [-0.2, 0) is 11.3 Å². The maximum atomic E-state index is 13.2. The number of H-pyrrole nitrogens is 1. The minimum Gasteiger partial charge on any atom is -0.380 e. The Morgan fingerprint density at radius 3 is 2.61 bits per heavy atom. The molecule has 1 saturated carbocycles. The molecule has 1 aliphatic heterocycles. The highest BCUT2D eigenvalue weighted by Crippen LogP contribution is 2.39. The summed E-state index contributed by atoms with van der Waals surface area (Å²) in [6.45, 7) is 2.18. The molecule has 1 aliphatic carbocycles. The smallest absolute Gasteiger partial charge is 0.380 e. The van der Waals surface area contributed by atoms with Crippen LogP contribution in [0.3, 0.4) is 0 Å². The van der Waals surface area contributed by atoms with Crippen LogP contribution in [0.4, 0.5) is 13.2 Å². The molecule has 0 radical (unpaired) electrons. The Morgan fingerprint density at radius 1 is 1.28 bits per heavy atom. The third-order valence-electron chi connectivity index (χ3n) is 6.95. The Balaban J connectivity index is 1.33. The number of amides is 2. The largest absolute Gasteiger partial charge is 0.417 e. The molecule has 192 valence electrons. The van der Waals surface area contributed by atoms with E-state index in [1.807, 2.05) is 13.1 Å². The van der Waals surface area contributed by atoms with E-state index in [1.54, 1.807) is 17.1 Å². The van der Waals surface area contributed by atoms with Crippen molar-refractivity contribution in [1.82, 2.24) is 34.9 Å². The molecule has 10 nitrogen and oxygen atoms in total. The first kappa shape index (κ1) is 24.2. The van der Waals surface area contributed by atoms with Gasteiger partial charge in [0.2, 0.25) is 5.91 Å². The summed E-state index contributed by atoms with van der Waals surface area (Å²) in [7, 11) is 0. The third-order valence-corrected chi connectivity index (χ3v) is 6.95. The summed E-state index contributed by atoms with van der Waals surface area (Å²) in [5.41, 5.74) is -0.556. The van der Waals surface area contributed by atoms with Crippen molar-refractivity contribution in [2.24, 2.45) is 5.92 Å². The summed E-state index contributed by atoms with van der Waals surface area (Å²) in [5.74, 6) is -1.05. The van der Waals surface area contributed by atoms with Gasteiger partial charge in [-0.25, -0.2) is 9.97 Å². The van der Waals surface area contributed by atoms with Gasteiger partial charge in [-0.05, 0) is 25.7 Å². The van der Waals surface area contributed by atoms with Crippen LogP contribution in [0, 0.1) is 5.92 Å². The number of aromatic nitrogens is 5. The first-order valence-electron chi connectivity index (χ1n) is 11.9. The molecule has 5 rings (SSSR count). The van der Waals surface area contributed by atoms with Crippen molar-refractivity contribution in [2.45, 2.75) is 57.0 Å². The van der Waals surface area contributed by atoms with Crippen LogP contribution in [0.15, 0.2) is 24.8 Å². The Hall–Kier alpha value is -3.48. The Bertz CT molecular complexity index is 1290. The minimum atomic E-state index is -4.75. The lowest BCUT2D eigenvalue weighted by atomic mass is 9.90. The zero-order chi connectivity index (χ0) is 25.7. The second-order valence-electron chi connectivity index (χ2n) is 9.38. The highest BCUT2D eigenvalue weighted by Gasteiger charge is 2.55. The lowest BCUT2D eigenvalue weighted by molar-refractivity contribution is -0.272. The van der Waals surface area contributed by atoms with Gasteiger partial charge in [0.25, 0.3) is 5.91 Å². The first-order chi connectivity index (χ1) is 17.1. The van der Waals surface area contributed by atoms with Crippen molar-refractivity contribution in [3.63, 3.8) is 0 Å². The summed E-state index contributed by atoms with van der Waals surface area (Å²) in [6, 6.07) is -0.863. The molecule has 1 saturated heterocycles. The van der Waals surface area contributed by atoms with E-state index >= 15 is 0 Å². The van der Waals surface area contributed by atoms with E-state index in [2.05, 4.69) is 25.4 Å². The number of halogens is 3. The molecule has 0 bridgehead atoms. The highest BCUT2D eigenvalue weighted by molar-refractivity contribution is 6.06. The van der Waals surface area contributed by atoms with Gasteiger partial charge in [0, 0.05) is 50.4 Å². The number of aryl methyl sites for hydroxylation is 1. The van der Waals surface area contributed by atoms with E-state index in [0.717, 1.165) is 18.4 Å². The standard InChI is InChI=1S/C23H26F3N7O3/c1-2-33-12-14(9-29-33)16-11-28-19-18(30-16)15(10-27-19)20(34)31-17(13-3-4-13)21(35)32-7-5-22(36,6-8-32)23(24,25)26/h9-13,17,36H,2-8H2,1H3,(H,27,28)(H,31,34)/t17-/m1/s1. The van der Waals surface area contributed by atoms with Gasteiger partial charge in [-0.1, -0.05) is 0 Å². The number of nitrogens with zero attached hydrogens (tertiary/aromatic N) is 5. The summed E-state index contributed by atoms with van der Waals surface area (Å²) in [4.78, 5) is 39.5. The third kappa shape index (κ3) is 4.43. The van der Waals surface area contributed by atoms with Crippen LogP contribution in [-0.4, -0.2) is 77.5 Å². The molecule has 0 aromatic carbocycles. The predicted octanol–water partition coefficient (Wildman–Crippen LogP) is 2.27. The molecule has 1 atom stereocenters. The fourth-order valence-electron chi connectivity index (χ4n) is 4.48. The number of likely N-dealkylation sites (tertiary alicyclic amines) is 1. The lowest BCUT2D eigenvalue weighted by Crippen LogP contribution is -2.57. The van der Waals surface area contributed by atoms with Crippen molar-refractivity contribution < 1.29 is 27.9 Å². The van der Waals surface area contributed by atoms with Crippen LogP contribution in [0.5, 0.6) is 0 Å². The van der Waals surface area contributed by atoms with E-state index < -0.39 is 42.5 Å². The number of carbonyl (C=O) groups is 2. The van der Waals surface area contributed by atoms with Crippen molar-refractivity contribution in [2.75, 3.05) is 13.1 Å². The van der Waals surface area contributed by atoms with Crippen molar-refractivity contribution in [1.29, 1.82) is 0 Å². The van der Waals surface area contributed by atoms with Gasteiger partial charge in [0.15, 0.2) is 11.2 Å². The molecule has 4 heterocycles. The number of alkyl halides is 3. The topological polar surface area (TPSA) is 129 Å². The molecule has 13 heteroatoms. The van der Waals surface area contributed by atoms with E-state index in [-0.39, 0.29) is 24.6 Å². The number of piperidine rings is 1. The van der Waals surface area contributed by atoms with E-state index in [1.165, 1.54) is 11.1 Å². The molecule has 0 unspecified atom stereocenters. The SMILES string of the molecule is CCn1cc(-c2cnc3[nH]cc(C(=O)N[C@@H](C(=O)N4CCC(O)(C(F)(F)F)CC4)C4CC4)c3n2)cn1. The van der Waals surface area contributed by atoms with Crippen molar-refractivity contribution in [3.8, 4) is 11.3 Å². The van der Waals surface area contributed by atoms with Gasteiger partial charge in [-0.3, -0.25) is 14.3 Å². The molecular weight excluding hydrogens is 479 g/mol. The number of fused-ring (bicyclic) bond motifs is 1. The Morgan fingerprint density at radius 2 is 2.00 bits per heavy atom. The summed E-state index contributed by atoms with van der Waals surface area (Å²) >= 11 is 0. The number of carbonyl (C=O) groups excluding carboxylic acids is 2. The summed E-state index contributed by atoms with van der Waals surface area (Å²) in [5, 5.41) is 16.9. The second-order valence-corrected chi connectivity index (χ2v) is 9.38. The van der Waals surface area contributed by atoms with E-state index in [9.17, 15) is 27.9 Å². The zero-order valence-corrected chi connectivity index (χ0v) is 19.5. The normalized spacial score (nSPS) is 18.9. The Kier molecular flexibility index (Phi) is 5.97. The number of aliphatic hydroxyl groups is 1. The zero-order valence-electron chi connectivity index (χ0n) is 19.5. The lowest BCUT2D eigenvalue weighted by Gasteiger charge is -2.40. The van der Waals surface area contributed by atoms with Crippen molar-refractivity contribution >= 4 is 23.0 Å². The molecule has 3 aromatic heterocycles. The molecule has 2 aliphatic rings. The average Bonchev–Trinajstić information content (AvgIpc) is 3.41. The average molecular weight is 506 g/mol. The number of rotatable bonds is 6. The predicted molar refractivity (Wildman–Crippen MR) is 122 cm³/mol. The summed E-state index contributed by atoms with van der Waals surface area (Å²) < 4.78 is 41.1. The van der Waals surface area contributed by atoms with Gasteiger partial charge in [-0.15, -0.1) is 0 Å². The van der Waals surface area contributed by atoms with Gasteiger partial charge in [0.1, 0.15) is 11.6 Å². The highest BCUT2D eigenvalue weighted by atomic mass is 19.4. The fourth-order valence-corrected chi connectivity index (χ4v) is 4.48. The van der Waals surface area contributed by atoms with Crippen molar-refractivity contribution in [3.05, 3.63) is 30.4 Å². The molecule has 3 aromatic rings. The molecule has 2 fully saturated rings. The second kappa shape index (κ2) is 8.87. The van der Waals surface area contributed by atoms with Gasteiger partial charge in [0.05, 0.1) is 23.7 Å². The first-order valence-corrected chi connectivity index (χ1v) is 11.9. The van der Waals surface area contributed by atoms with E-state index in [4.69, 9.17) is 0 Å². The monoisotopic (exact) mass is 505 g/mol. The molecule has 0 spiro atoms. The summed E-state index contributed by atoms with van der Waals surface area (Å²) in [6.07, 6.45) is 2.05. The minimum absolute atomic E-state index is 0.0865. The van der Waals surface area contributed by atoms with Crippen LogP contribution >= 0.6 is 0 Å².